The van der Waals surface area contributed by atoms with Crippen molar-refractivity contribution < 1.29 is 0 Å². The van der Waals surface area contributed by atoms with Gasteiger partial charge in [-0.25, -0.2) is 0 Å². The lowest BCUT2D eigenvalue weighted by molar-refractivity contribution is 0.383. The van der Waals surface area contributed by atoms with Crippen LogP contribution in [-0.4, -0.2) is 22.7 Å². The SMILES string of the molecule is Cc1cc2c3ccccc3n(C)c2cc1N1C=CN(C)C1C. The van der Waals surface area contributed by atoms with E-state index < -0.39 is 0 Å². The lowest BCUT2D eigenvalue weighted by Gasteiger charge is -2.28. The molecule has 0 saturated heterocycles. The first kappa shape index (κ1) is 13.3. The number of para-hydroxylation sites is 1. The zero-order valence-corrected chi connectivity index (χ0v) is 13.5. The third kappa shape index (κ3) is 1.68. The van der Waals surface area contributed by atoms with E-state index >= 15 is 0 Å². The van der Waals surface area contributed by atoms with Gasteiger partial charge in [-0.15, -0.1) is 0 Å². The Hall–Kier alpha value is -2.42. The predicted octanol–water partition coefficient (Wildman–Crippen LogP) is 4.21. The van der Waals surface area contributed by atoms with E-state index in [0.29, 0.717) is 6.17 Å². The third-order valence-electron chi connectivity index (χ3n) is 4.96. The van der Waals surface area contributed by atoms with Gasteiger partial charge in [-0.2, -0.15) is 0 Å². The fourth-order valence-corrected chi connectivity index (χ4v) is 3.48. The summed E-state index contributed by atoms with van der Waals surface area (Å²) in [7, 11) is 4.27. The summed E-state index contributed by atoms with van der Waals surface area (Å²) in [4.78, 5) is 4.57. The maximum atomic E-state index is 2.34. The van der Waals surface area contributed by atoms with Crippen LogP contribution in [0.4, 0.5) is 5.69 Å². The van der Waals surface area contributed by atoms with Gasteiger partial charge >= 0.3 is 0 Å². The first-order valence-corrected chi connectivity index (χ1v) is 7.74. The van der Waals surface area contributed by atoms with E-state index in [2.05, 4.69) is 91.1 Å². The van der Waals surface area contributed by atoms with Gasteiger partial charge in [0.15, 0.2) is 0 Å². The highest BCUT2D eigenvalue weighted by Crippen LogP contribution is 2.35. The normalized spacial score (nSPS) is 18.1. The molecular formula is C19H21N3. The van der Waals surface area contributed by atoms with Crippen molar-refractivity contribution in [3.05, 3.63) is 54.4 Å². The summed E-state index contributed by atoms with van der Waals surface area (Å²) in [6, 6.07) is 13.3. The first-order valence-electron chi connectivity index (χ1n) is 7.74. The molecule has 3 nitrogen and oxygen atoms in total. The minimum absolute atomic E-state index is 0.353. The van der Waals surface area contributed by atoms with E-state index in [1.807, 2.05) is 0 Å². The molecule has 112 valence electrons. The van der Waals surface area contributed by atoms with Crippen LogP contribution in [-0.2, 0) is 7.05 Å². The average Bonchev–Trinajstić information content (AvgIpc) is 2.99. The zero-order chi connectivity index (χ0) is 15.4. The highest BCUT2D eigenvalue weighted by molar-refractivity contribution is 6.09. The molecule has 1 aromatic heterocycles. The van der Waals surface area contributed by atoms with E-state index in [0.717, 1.165) is 0 Å². The van der Waals surface area contributed by atoms with E-state index in [1.165, 1.54) is 33.1 Å². The van der Waals surface area contributed by atoms with Crippen molar-refractivity contribution in [3.63, 3.8) is 0 Å². The quantitative estimate of drug-likeness (QED) is 0.665. The molecule has 4 rings (SSSR count). The number of anilines is 1. The Bertz CT molecular complexity index is 904. The van der Waals surface area contributed by atoms with Crippen molar-refractivity contribution in [2.24, 2.45) is 7.05 Å². The summed E-state index contributed by atoms with van der Waals surface area (Å²) < 4.78 is 2.29. The van der Waals surface area contributed by atoms with Crippen molar-refractivity contribution in [3.8, 4) is 0 Å². The zero-order valence-electron chi connectivity index (χ0n) is 13.5. The molecule has 22 heavy (non-hydrogen) atoms. The number of aromatic nitrogens is 1. The maximum absolute atomic E-state index is 2.34. The minimum Gasteiger partial charge on any atom is -0.359 e. The second-order valence-corrected chi connectivity index (χ2v) is 6.23. The summed E-state index contributed by atoms with van der Waals surface area (Å²) in [6.07, 6.45) is 4.66. The van der Waals surface area contributed by atoms with Crippen molar-refractivity contribution in [1.82, 2.24) is 9.47 Å². The fraction of sp³-hybridized carbons (Fsp3) is 0.263. The molecule has 0 fully saturated rings. The van der Waals surface area contributed by atoms with Gasteiger partial charge in [-0.05, 0) is 37.6 Å². The molecule has 0 bridgehead atoms. The summed E-state index contributed by atoms with van der Waals surface area (Å²) in [6.45, 7) is 4.43. The minimum atomic E-state index is 0.353. The Kier molecular flexibility index (Phi) is 2.73. The molecule has 2 aromatic carbocycles. The third-order valence-corrected chi connectivity index (χ3v) is 4.96. The number of nitrogens with zero attached hydrogens (tertiary/aromatic N) is 3. The van der Waals surface area contributed by atoms with Crippen LogP contribution in [0.2, 0.25) is 0 Å². The van der Waals surface area contributed by atoms with Gasteiger partial charge in [0, 0.05) is 48.5 Å². The number of hydrogen-bond donors (Lipinski definition) is 0. The Balaban J connectivity index is 1.99. The van der Waals surface area contributed by atoms with Crippen molar-refractivity contribution >= 4 is 27.5 Å². The highest BCUT2D eigenvalue weighted by Gasteiger charge is 2.22. The van der Waals surface area contributed by atoms with Crippen LogP contribution in [0, 0.1) is 6.92 Å². The summed E-state index contributed by atoms with van der Waals surface area (Å²) in [5.41, 5.74) is 5.18. The monoisotopic (exact) mass is 291 g/mol. The molecule has 0 saturated carbocycles. The Labute approximate surface area is 131 Å². The molecule has 0 amide bonds. The molecule has 0 spiro atoms. The van der Waals surface area contributed by atoms with Crippen LogP contribution >= 0.6 is 0 Å². The fourth-order valence-electron chi connectivity index (χ4n) is 3.48. The number of aryl methyl sites for hydroxylation is 2. The first-order chi connectivity index (χ1) is 10.6. The number of rotatable bonds is 1. The average molecular weight is 291 g/mol. The Morgan fingerprint density at radius 2 is 1.68 bits per heavy atom. The van der Waals surface area contributed by atoms with Crippen LogP contribution in [0.25, 0.3) is 21.8 Å². The summed E-state index contributed by atoms with van der Waals surface area (Å²) in [5, 5.41) is 2.67. The Morgan fingerprint density at radius 3 is 2.41 bits per heavy atom. The molecule has 1 unspecified atom stereocenters. The van der Waals surface area contributed by atoms with Crippen LogP contribution < -0.4 is 4.90 Å². The molecule has 3 heteroatoms. The topological polar surface area (TPSA) is 11.4 Å². The summed E-state index contributed by atoms with van der Waals surface area (Å²) >= 11 is 0. The van der Waals surface area contributed by atoms with E-state index in [-0.39, 0.29) is 0 Å². The molecular weight excluding hydrogens is 270 g/mol. The molecule has 0 N–H and O–H groups in total. The maximum Gasteiger partial charge on any atom is 0.102 e. The van der Waals surface area contributed by atoms with Crippen LogP contribution in [0.3, 0.4) is 0 Å². The van der Waals surface area contributed by atoms with Gasteiger partial charge in [0.1, 0.15) is 6.17 Å². The largest absolute Gasteiger partial charge is 0.359 e. The van der Waals surface area contributed by atoms with Gasteiger partial charge in [-0.1, -0.05) is 18.2 Å². The number of hydrogen-bond acceptors (Lipinski definition) is 2. The van der Waals surface area contributed by atoms with E-state index in [9.17, 15) is 0 Å². The van der Waals surface area contributed by atoms with Crippen molar-refractivity contribution in [1.29, 1.82) is 0 Å². The summed E-state index contributed by atoms with van der Waals surface area (Å²) in [5.74, 6) is 0. The second-order valence-electron chi connectivity index (χ2n) is 6.23. The van der Waals surface area contributed by atoms with E-state index in [4.69, 9.17) is 0 Å². The standard InChI is InChI=1S/C19H21N3/c1-13-11-16-15-7-5-6-8-17(15)21(4)19(16)12-18(13)22-10-9-20(3)14(22)2/h5-12,14H,1-4H3. The second kappa shape index (κ2) is 4.54. The van der Waals surface area contributed by atoms with Gasteiger partial charge in [0.2, 0.25) is 0 Å². The lowest BCUT2D eigenvalue weighted by Crippen LogP contribution is -2.33. The van der Waals surface area contributed by atoms with Gasteiger partial charge in [0.25, 0.3) is 0 Å². The van der Waals surface area contributed by atoms with Crippen LogP contribution in [0.1, 0.15) is 12.5 Å². The van der Waals surface area contributed by atoms with Gasteiger partial charge in [0.05, 0.1) is 5.52 Å². The van der Waals surface area contributed by atoms with Crippen molar-refractivity contribution in [2.75, 3.05) is 11.9 Å². The van der Waals surface area contributed by atoms with Gasteiger partial charge < -0.3 is 14.4 Å². The van der Waals surface area contributed by atoms with Crippen molar-refractivity contribution in [2.45, 2.75) is 20.0 Å². The Morgan fingerprint density at radius 1 is 0.909 bits per heavy atom. The molecule has 1 aliphatic rings. The van der Waals surface area contributed by atoms with Crippen LogP contribution in [0.5, 0.6) is 0 Å². The van der Waals surface area contributed by atoms with E-state index in [1.54, 1.807) is 0 Å². The molecule has 3 aromatic rings. The van der Waals surface area contributed by atoms with Gasteiger partial charge in [-0.3, -0.25) is 0 Å². The highest BCUT2D eigenvalue weighted by atomic mass is 15.4. The number of fused-ring (bicyclic) bond motifs is 3. The lowest BCUT2D eigenvalue weighted by atomic mass is 10.1. The molecule has 1 atom stereocenters. The molecule has 0 radical (unpaired) electrons. The van der Waals surface area contributed by atoms with Crippen LogP contribution in [0.15, 0.2) is 48.8 Å². The molecule has 1 aliphatic heterocycles. The predicted molar refractivity (Wildman–Crippen MR) is 94.0 cm³/mol. The number of benzene rings is 2. The molecule has 2 heterocycles. The molecule has 0 aliphatic carbocycles. The smallest absolute Gasteiger partial charge is 0.102 e.